The van der Waals surface area contributed by atoms with E-state index in [-0.39, 0.29) is 6.09 Å². The zero-order valence-corrected chi connectivity index (χ0v) is 15.0. The molecule has 100 valence electrons. The zero-order valence-electron chi connectivity index (χ0n) is 12.1. The Balaban J connectivity index is 2.89. The Labute approximate surface area is 114 Å². The van der Waals surface area contributed by atoms with Crippen LogP contribution in [0.1, 0.15) is 20.8 Å². The minimum absolute atomic E-state index is 0.384. The van der Waals surface area contributed by atoms with Gasteiger partial charge in [-0.05, 0) is 0 Å². The van der Waals surface area contributed by atoms with E-state index in [0.29, 0.717) is 0 Å². The van der Waals surface area contributed by atoms with E-state index in [1.165, 1.54) is 3.58 Å². The third-order valence-electron chi connectivity index (χ3n) is 2.37. The fourth-order valence-electron chi connectivity index (χ4n) is 1.66. The molecule has 0 fully saturated rings. The minimum atomic E-state index is -2.22. The summed E-state index contributed by atoms with van der Waals surface area (Å²) in [6.45, 7) is 5.59. The van der Waals surface area contributed by atoms with Crippen LogP contribution < -0.4 is 8.90 Å². The summed E-state index contributed by atoms with van der Waals surface area (Å²) in [7, 11) is 0. The van der Waals surface area contributed by atoms with Crippen molar-refractivity contribution in [1.29, 1.82) is 0 Å². The van der Waals surface area contributed by atoms with E-state index in [1.54, 1.807) is 0 Å². The summed E-state index contributed by atoms with van der Waals surface area (Å²) in [5.41, 5.74) is 0.430. The summed E-state index contributed by atoms with van der Waals surface area (Å²) in [5, 5.41) is 2.86. The third kappa shape index (κ3) is 4.88. The number of benzene rings is 1. The molecule has 18 heavy (non-hydrogen) atoms. The van der Waals surface area contributed by atoms with Crippen LogP contribution in [0.25, 0.3) is 0 Å². The maximum atomic E-state index is 11.8. The fraction of sp³-hybridized carbons (Fsp3) is 0.500. The number of para-hydroxylation sites is 1. The number of carbonyl (C=O) groups is 1. The fourth-order valence-corrected chi connectivity index (χ4v) is 6.08. The van der Waals surface area contributed by atoms with Crippen molar-refractivity contribution in [3.8, 4) is 0 Å². The maximum absolute atomic E-state index is 11.8. The Hall–Kier alpha value is -0.711. The third-order valence-corrected chi connectivity index (χ3v) is 8.23. The Morgan fingerprint density at radius 3 is 2.22 bits per heavy atom. The van der Waals surface area contributed by atoms with Crippen molar-refractivity contribution in [2.45, 2.75) is 41.2 Å². The Morgan fingerprint density at radius 2 is 1.72 bits per heavy atom. The van der Waals surface area contributed by atoms with Gasteiger partial charge in [-0.25, -0.2) is 0 Å². The summed E-state index contributed by atoms with van der Waals surface area (Å²) in [5.74, 6) is 0. The van der Waals surface area contributed by atoms with Crippen molar-refractivity contribution in [1.82, 2.24) is 0 Å². The van der Waals surface area contributed by atoms with Crippen LogP contribution in [0.4, 0.5) is 10.5 Å². The van der Waals surface area contributed by atoms with Crippen molar-refractivity contribution >= 4 is 33.7 Å². The molecule has 1 rings (SSSR count). The molecule has 0 aliphatic heterocycles. The molecule has 0 aromatic heterocycles. The van der Waals surface area contributed by atoms with Crippen LogP contribution in [0.15, 0.2) is 24.3 Å². The summed E-state index contributed by atoms with van der Waals surface area (Å²) in [6, 6.07) is 8.02. The van der Waals surface area contributed by atoms with Gasteiger partial charge in [0.1, 0.15) is 0 Å². The van der Waals surface area contributed by atoms with Crippen molar-refractivity contribution in [2.24, 2.45) is 0 Å². The average molecular weight is 356 g/mol. The molecule has 3 nitrogen and oxygen atoms in total. The van der Waals surface area contributed by atoms with E-state index < -0.39 is 24.0 Å². The van der Waals surface area contributed by atoms with Gasteiger partial charge in [-0.1, -0.05) is 0 Å². The summed E-state index contributed by atoms with van der Waals surface area (Å²) in [6.07, 6.45) is -0.384. The Bertz CT molecular complexity index is 430. The molecule has 0 spiro atoms. The predicted octanol–water partition coefficient (Wildman–Crippen LogP) is 3.58. The molecule has 0 atom stereocenters. The van der Waals surface area contributed by atoms with E-state index in [2.05, 4.69) is 26.2 Å². The topological polar surface area (TPSA) is 38.3 Å². The molecule has 4 heteroatoms. The van der Waals surface area contributed by atoms with Crippen molar-refractivity contribution in [2.75, 3.05) is 5.32 Å². The number of anilines is 1. The standard InChI is InChI=1S/C11H14NO2.3CH3.Sn/c1-11(2,3)14-10(13)12-9-7-5-4-6-8-9;;;;/h4-7H,1-3H3,(H,12,13);3*1H3;. The van der Waals surface area contributed by atoms with Crippen LogP contribution in [0.3, 0.4) is 0 Å². The van der Waals surface area contributed by atoms with Gasteiger partial charge in [-0.15, -0.1) is 0 Å². The molecule has 0 radical (unpaired) electrons. The normalized spacial score (nSPS) is 12.1. The van der Waals surface area contributed by atoms with E-state index >= 15 is 0 Å². The first-order valence-corrected chi connectivity index (χ1v) is 16.2. The van der Waals surface area contributed by atoms with Crippen LogP contribution in [0, 0.1) is 0 Å². The van der Waals surface area contributed by atoms with E-state index in [0.717, 1.165) is 5.69 Å². The SMILES string of the molecule is CC(C)(C)OC(=O)Nc1cccc[c]1[Sn]([CH3])([CH3])[CH3]. The number of nitrogens with one attached hydrogen (secondary N) is 1. The van der Waals surface area contributed by atoms with Crippen LogP contribution in [-0.2, 0) is 4.74 Å². The van der Waals surface area contributed by atoms with Gasteiger partial charge in [0.05, 0.1) is 0 Å². The molecule has 1 amide bonds. The molecule has 0 bridgehead atoms. The number of ether oxygens (including phenoxy) is 1. The van der Waals surface area contributed by atoms with Crippen LogP contribution >= 0.6 is 0 Å². The van der Waals surface area contributed by atoms with Crippen molar-refractivity contribution < 1.29 is 9.53 Å². The first-order chi connectivity index (χ1) is 8.09. The van der Waals surface area contributed by atoms with Gasteiger partial charge >= 0.3 is 114 Å². The van der Waals surface area contributed by atoms with Gasteiger partial charge in [-0.3, -0.25) is 0 Å². The quantitative estimate of drug-likeness (QED) is 0.823. The monoisotopic (exact) mass is 357 g/mol. The Kier molecular flexibility index (Phi) is 4.70. The molecule has 1 aromatic rings. The van der Waals surface area contributed by atoms with Gasteiger partial charge in [0.25, 0.3) is 0 Å². The molecular weight excluding hydrogens is 333 g/mol. The number of amides is 1. The summed E-state index contributed by atoms with van der Waals surface area (Å²) < 4.78 is 6.59. The zero-order chi connectivity index (χ0) is 14.0. The van der Waals surface area contributed by atoms with Gasteiger partial charge in [0.2, 0.25) is 0 Å². The number of hydrogen-bond acceptors (Lipinski definition) is 2. The average Bonchev–Trinajstić information content (AvgIpc) is 2.13. The first-order valence-electron chi connectivity index (χ1n) is 6.19. The van der Waals surface area contributed by atoms with Crippen molar-refractivity contribution in [3.63, 3.8) is 0 Å². The molecule has 0 heterocycles. The van der Waals surface area contributed by atoms with Gasteiger partial charge in [-0.2, -0.15) is 0 Å². The number of hydrogen-bond donors (Lipinski definition) is 1. The molecule has 0 saturated carbocycles. The molecule has 0 unspecified atom stereocenters. The second kappa shape index (κ2) is 5.51. The first kappa shape index (κ1) is 15.3. The second-order valence-corrected chi connectivity index (χ2v) is 20.8. The molecule has 1 N–H and O–H groups in total. The van der Waals surface area contributed by atoms with E-state index in [9.17, 15) is 4.79 Å². The Morgan fingerprint density at radius 1 is 1.17 bits per heavy atom. The number of rotatable bonds is 2. The molecule has 0 saturated heterocycles. The molecule has 0 aliphatic rings. The number of carbonyl (C=O) groups excluding carboxylic acids is 1. The molecular formula is C14H23NO2Sn. The summed E-state index contributed by atoms with van der Waals surface area (Å²) in [4.78, 5) is 18.8. The molecule has 0 aliphatic carbocycles. The summed E-state index contributed by atoms with van der Waals surface area (Å²) >= 11 is -2.22. The predicted molar refractivity (Wildman–Crippen MR) is 79.3 cm³/mol. The van der Waals surface area contributed by atoms with E-state index in [1.807, 2.05) is 39.0 Å². The molecule has 1 aromatic carbocycles. The van der Waals surface area contributed by atoms with Crippen LogP contribution in [0.5, 0.6) is 0 Å². The van der Waals surface area contributed by atoms with Crippen molar-refractivity contribution in [3.05, 3.63) is 24.3 Å². The van der Waals surface area contributed by atoms with Crippen LogP contribution in [0.2, 0.25) is 14.8 Å². The van der Waals surface area contributed by atoms with Crippen LogP contribution in [-0.4, -0.2) is 30.1 Å². The van der Waals surface area contributed by atoms with E-state index in [4.69, 9.17) is 4.74 Å². The van der Waals surface area contributed by atoms with Gasteiger partial charge < -0.3 is 0 Å². The van der Waals surface area contributed by atoms with Gasteiger partial charge in [0, 0.05) is 0 Å². The van der Waals surface area contributed by atoms with Gasteiger partial charge in [0.15, 0.2) is 0 Å². The second-order valence-electron chi connectivity index (χ2n) is 6.42.